The van der Waals surface area contributed by atoms with Crippen LogP contribution in [-0.4, -0.2) is 12.5 Å². The minimum absolute atomic E-state index is 0.0511. The number of nitrogens with one attached hydrogen (secondary N) is 1. The summed E-state index contributed by atoms with van der Waals surface area (Å²) in [5.41, 5.74) is -0.675. The molecule has 0 unspecified atom stereocenters. The summed E-state index contributed by atoms with van der Waals surface area (Å²) in [4.78, 5) is 12.6. The van der Waals surface area contributed by atoms with Crippen LogP contribution in [0.3, 0.4) is 0 Å². The lowest BCUT2D eigenvalue weighted by molar-refractivity contribution is -0.137. The first kappa shape index (κ1) is 26.5. The Labute approximate surface area is 200 Å². The van der Waals surface area contributed by atoms with Gasteiger partial charge in [-0.05, 0) is 48.9 Å². The second-order valence-electron chi connectivity index (χ2n) is 7.50. The summed E-state index contributed by atoms with van der Waals surface area (Å²) >= 11 is 3.37. The highest BCUT2D eigenvalue weighted by molar-refractivity contribution is 9.10. The Morgan fingerprint density at radius 2 is 1.85 bits per heavy atom. The number of carbonyl (C=O) groups excluding carboxylic acids is 1. The van der Waals surface area contributed by atoms with E-state index in [4.69, 9.17) is 4.74 Å². The number of benzene rings is 2. The normalized spacial score (nSPS) is 11.7. The molecule has 0 aliphatic carbocycles. The Hall–Kier alpha value is -2.79. The van der Waals surface area contributed by atoms with Gasteiger partial charge in [-0.15, -0.1) is 0 Å². The van der Waals surface area contributed by atoms with Gasteiger partial charge in [0.05, 0.1) is 12.2 Å². The van der Waals surface area contributed by atoms with E-state index >= 15 is 0 Å². The SMILES string of the molecule is CCCCCCCCOc1ccc(Br)cc1/C=C(\C#N)C(=O)Nc1cccc(C(F)(F)F)c1. The number of ether oxygens (including phenoxy) is 1. The monoisotopic (exact) mass is 522 g/mol. The van der Waals surface area contributed by atoms with Crippen molar-refractivity contribution in [3.63, 3.8) is 0 Å². The van der Waals surface area contributed by atoms with Crippen molar-refractivity contribution in [3.05, 3.63) is 63.6 Å². The van der Waals surface area contributed by atoms with Crippen LogP contribution in [0.4, 0.5) is 18.9 Å². The minimum Gasteiger partial charge on any atom is -0.493 e. The zero-order valence-electron chi connectivity index (χ0n) is 18.3. The van der Waals surface area contributed by atoms with Crippen LogP contribution in [-0.2, 0) is 11.0 Å². The van der Waals surface area contributed by atoms with Gasteiger partial charge in [-0.1, -0.05) is 61.0 Å². The molecule has 8 heteroatoms. The van der Waals surface area contributed by atoms with Gasteiger partial charge in [0.25, 0.3) is 5.91 Å². The Balaban J connectivity index is 2.11. The number of nitriles is 1. The molecule has 176 valence electrons. The molecule has 2 aromatic carbocycles. The lowest BCUT2D eigenvalue weighted by Gasteiger charge is -2.11. The summed E-state index contributed by atoms with van der Waals surface area (Å²) in [6, 6.07) is 11.3. The number of rotatable bonds is 11. The fraction of sp³-hybridized carbons (Fsp3) is 0.360. The molecule has 0 saturated heterocycles. The molecule has 1 N–H and O–H groups in total. The second-order valence-corrected chi connectivity index (χ2v) is 8.42. The van der Waals surface area contributed by atoms with Crippen molar-refractivity contribution < 1.29 is 22.7 Å². The molecule has 0 spiro atoms. The summed E-state index contributed by atoms with van der Waals surface area (Å²) < 4.78 is 45.3. The van der Waals surface area contributed by atoms with Crippen LogP contribution in [0, 0.1) is 11.3 Å². The van der Waals surface area contributed by atoms with E-state index in [0.717, 1.165) is 35.9 Å². The fourth-order valence-corrected chi connectivity index (χ4v) is 3.48. The zero-order valence-corrected chi connectivity index (χ0v) is 19.9. The molecule has 0 aliphatic rings. The quantitative estimate of drug-likeness (QED) is 0.186. The third-order valence-electron chi connectivity index (χ3n) is 4.84. The first-order valence-corrected chi connectivity index (χ1v) is 11.6. The number of hydrogen-bond donors (Lipinski definition) is 1. The molecule has 33 heavy (non-hydrogen) atoms. The van der Waals surface area contributed by atoms with E-state index in [1.165, 1.54) is 37.5 Å². The molecule has 0 heterocycles. The number of nitrogens with zero attached hydrogens (tertiary/aromatic N) is 1. The summed E-state index contributed by atoms with van der Waals surface area (Å²) in [5, 5.41) is 11.8. The Morgan fingerprint density at radius 1 is 1.12 bits per heavy atom. The highest BCUT2D eigenvalue weighted by atomic mass is 79.9. The predicted molar refractivity (Wildman–Crippen MR) is 127 cm³/mol. The fourth-order valence-electron chi connectivity index (χ4n) is 3.10. The third-order valence-corrected chi connectivity index (χ3v) is 5.33. The van der Waals surface area contributed by atoms with Gasteiger partial charge in [-0.2, -0.15) is 18.4 Å². The summed E-state index contributed by atoms with van der Waals surface area (Å²) in [6.07, 6.45) is 3.55. The second kappa shape index (κ2) is 13.0. The largest absolute Gasteiger partial charge is 0.493 e. The smallest absolute Gasteiger partial charge is 0.416 e. The Kier molecular flexibility index (Phi) is 10.5. The third kappa shape index (κ3) is 8.93. The molecule has 1 amide bonds. The topological polar surface area (TPSA) is 62.1 Å². The van der Waals surface area contributed by atoms with Crippen LogP contribution in [0.25, 0.3) is 6.08 Å². The number of halogens is 4. The van der Waals surface area contributed by atoms with Gasteiger partial charge in [0.15, 0.2) is 0 Å². The summed E-state index contributed by atoms with van der Waals surface area (Å²) in [5.74, 6) is -0.287. The molecule has 0 atom stereocenters. The Morgan fingerprint density at radius 3 is 2.55 bits per heavy atom. The number of anilines is 1. The molecule has 0 aromatic heterocycles. The maximum atomic E-state index is 12.9. The van der Waals surface area contributed by atoms with Crippen LogP contribution < -0.4 is 10.1 Å². The van der Waals surface area contributed by atoms with Gasteiger partial charge in [0.1, 0.15) is 17.4 Å². The molecule has 2 rings (SSSR count). The molecular weight excluding hydrogens is 497 g/mol. The molecule has 2 aromatic rings. The van der Waals surface area contributed by atoms with Crippen LogP contribution in [0.15, 0.2) is 52.5 Å². The number of hydrogen-bond acceptors (Lipinski definition) is 3. The van der Waals surface area contributed by atoms with Crippen molar-refractivity contribution in [2.24, 2.45) is 0 Å². The van der Waals surface area contributed by atoms with Gasteiger partial charge in [-0.3, -0.25) is 4.79 Å². The van der Waals surface area contributed by atoms with E-state index in [1.807, 2.05) is 6.07 Å². The van der Waals surface area contributed by atoms with Crippen molar-refractivity contribution in [2.75, 3.05) is 11.9 Å². The standard InChI is InChI=1S/C25H26BrF3N2O2/c1-2-3-4-5-6-7-13-33-23-12-11-21(26)15-18(23)14-19(17-30)24(32)31-22-10-8-9-20(16-22)25(27,28)29/h8-12,14-16H,2-7,13H2,1H3,(H,31,32)/b19-14+. The van der Waals surface area contributed by atoms with E-state index in [1.54, 1.807) is 18.2 Å². The number of amides is 1. The van der Waals surface area contributed by atoms with Crippen molar-refractivity contribution in [2.45, 2.75) is 51.6 Å². The maximum absolute atomic E-state index is 12.9. The van der Waals surface area contributed by atoms with E-state index < -0.39 is 17.6 Å². The number of carbonyl (C=O) groups is 1. The van der Waals surface area contributed by atoms with Gasteiger partial charge in [0.2, 0.25) is 0 Å². The lowest BCUT2D eigenvalue weighted by Crippen LogP contribution is -2.14. The van der Waals surface area contributed by atoms with Crippen molar-refractivity contribution in [3.8, 4) is 11.8 Å². The Bertz CT molecular complexity index is 1010. The highest BCUT2D eigenvalue weighted by Crippen LogP contribution is 2.31. The molecule has 0 saturated carbocycles. The molecule has 0 aliphatic heterocycles. The van der Waals surface area contributed by atoms with E-state index in [-0.39, 0.29) is 11.3 Å². The molecule has 0 bridgehead atoms. The highest BCUT2D eigenvalue weighted by Gasteiger charge is 2.30. The lowest BCUT2D eigenvalue weighted by atomic mass is 10.1. The van der Waals surface area contributed by atoms with Crippen LogP contribution in [0.5, 0.6) is 5.75 Å². The van der Waals surface area contributed by atoms with Crippen molar-refractivity contribution in [1.82, 2.24) is 0 Å². The summed E-state index contributed by atoms with van der Waals surface area (Å²) in [6.45, 7) is 2.67. The van der Waals surface area contributed by atoms with Gasteiger partial charge in [-0.25, -0.2) is 0 Å². The predicted octanol–water partition coefficient (Wildman–Crippen LogP) is 7.75. The van der Waals surface area contributed by atoms with Crippen LogP contribution in [0.1, 0.15) is 56.6 Å². The van der Waals surface area contributed by atoms with Crippen LogP contribution in [0.2, 0.25) is 0 Å². The van der Waals surface area contributed by atoms with E-state index in [9.17, 15) is 23.2 Å². The zero-order chi connectivity index (χ0) is 24.3. The first-order chi connectivity index (χ1) is 15.7. The average Bonchev–Trinajstić information content (AvgIpc) is 2.77. The number of alkyl halides is 3. The molecule has 0 radical (unpaired) electrons. The van der Waals surface area contributed by atoms with Crippen molar-refractivity contribution >= 4 is 33.6 Å². The van der Waals surface area contributed by atoms with E-state index in [0.29, 0.717) is 17.9 Å². The van der Waals surface area contributed by atoms with Crippen molar-refractivity contribution in [1.29, 1.82) is 5.26 Å². The van der Waals surface area contributed by atoms with Gasteiger partial charge in [0, 0.05) is 15.7 Å². The first-order valence-electron chi connectivity index (χ1n) is 10.8. The maximum Gasteiger partial charge on any atom is 0.416 e. The summed E-state index contributed by atoms with van der Waals surface area (Å²) in [7, 11) is 0. The van der Waals surface area contributed by atoms with Crippen LogP contribution >= 0.6 is 15.9 Å². The van der Waals surface area contributed by atoms with E-state index in [2.05, 4.69) is 28.2 Å². The van der Waals surface area contributed by atoms with Gasteiger partial charge >= 0.3 is 6.18 Å². The van der Waals surface area contributed by atoms with Gasteiger partial charge < -0.3 is 10.1 Å². The molecule has 0 fully saturated rings. The number of unbranched alkanes of at least 4 members (excludes halogenated alkanes) is 5. The average molecular weight is 523 g/mol. The molecule has 4 nitrogen and oxygen atoms in total. The molecular formula is C25H26BrF3N2O2. The minimum atomic E-state index is -4.53.